The first-order valence-electron chi connectivity index (χ1n) is 11.6. The summed E-state index contributed by atoms with van der Waals surface area (Å²) in [6, 6.07) is 5.31. The van der Waals surface area contributed by atoms with Crippen molar-refractivity contribution in [1.82, 2.24) is 20.9 Å². The van der Waals surface area contributed by atoms with Gasteiger partial charge in [0.25, 0.3) is 0 Å². The molecule has 33 heavy (non-hydrogen) atoms. The van der Waals surface area contributed by atoms with Gasteiger partial charge in [0.05, 0.1) is 18.7 Å². The highest BCUT2D eigenvalue weighted by molar-refractivity contribution is 5.94. The Kier molecular flexibility index (Phi) is 8.43. The lowest BCUT2D eigenvalue weighted by Gasteiger charge is -2.35. The molecule has 3 rings (SSSR count). The molecule has 0 saturated carbocycles. The summed E-state index contributed by atoms with van der Waals surface area (Å²) >= 11 is 0. The van der Waals surface area contributed by atoms with Crippen LogP contribution in [-0.4, -0.2) is 66.9 Å². The van der Waals surface area contributed by atoms with Crippen molar-refractivity contribution in [1.29, 1.82) is 0 Å². The molecular formula is C24H34N4O5. The van der Waals surface area contributed by atoms with Gasteiger partial charge in [0, 0.05) is 12.6 Å². The molecule has 2 fully saturated rings. The molecule has 4 atom stereocenters. The van der Waals surface area contributed by atoms with E-state index in [1.54, 1.807) is 37.1 Å². The van der Waals surface area contributed by atoms with Crippen LogP contribution in [0, 0.1) is 0 Å². The van der Waals surface area contributed by atoms with E-state index in [2.05, 4.69) is 16.0 Å². The molecule has 9 heteroatoms. The Morgan fingerprint density at radius 1 is 1.15 bits per heavy atom. The molecule has 0 spiro atoms. The van der Waals surface area contributed by atoms with Gasteiger partial charge < -0.3 is 25.6 Å². The number of hydrogen-bond acceptors (Lipinski definition) is 6. The van der Waals surface area contributed by atoms with E-state index >= 15 is 0 Å². The summed E-state index contributed by atoms with van der Waals surface area (Å²) in [5, 5.41) is 8.67. The molecule has 1 aromatic rings. The number of benzene rings is 1. The first kappa shape index (κ1) is 24.7. The van der Waals surface area contributed by atoms with Crippen molar-refractivity contribution in [3.05, 3.63) is 35.4 Å². The van der Waals surface area contributed by atoms with Crippen molar-refractivity contribution in [2.24, 2.45) is 0 Å². The zero-order valence-electron chi connectivity index (χ0n) is 19.6. The van der Waals surface area contributed by atoms with Crippen LogP contribution in [0.15, 0.2) is 24.3 Å². The Labute approximate surface area is 194 Å². The number of amides is 3. The second-order valence-electron chi connectivity index (χ2n) is 8.76. The Balaban J connectivity index is 1.68. The lowest BCUT2D eigenvalue weighted by Crippen LogP contribution is -2.57. The molecule has 180 valence electrons. The van der Waals surface area contributed by atoms with Crippen molar-refractivity contribution in [2.45, 2.75) is 76.2 Å². The number of nitrogens with zero attached hydrogens (tertiary/aromatic N) is 1. The van der Waals surface area contributed by atoms with Crippen molar-refractivity contribution < 1.29 is 23.9 Å². The molecule has 0 radical (unpaired) electrons. The summed E-state index contributed by atoms with van der Waals surface area (Å²) in [5.41, 5.74) is 1.18. The molecule has 2 saturated heterocycles. The summed E-state index contributed by atoms with van der Waals surface area (Å²) in [4.78, 5) is 52.4. The quantitative estimate of drug-likeness (QED) is 0.527. The third-order valence-electron chi connectivity index (χ3n) is 6.60. The first-order chi connectivity index (χ1) is 15.8. The number of hydrogen-bond donors (Lipinski definition) is 3. The zero-order chi connectivity index (χ0) is 24.0. The van der Waals surface area contributed by atoms with Crippen molar-refractivity contribution >= 4 is 23.7 Å². The molecule has 1 aromatic carbocycles. The van der Waals surface area contributed by atoms with Crippen molar-refractivity contribution in [3.63, 3.8) is 0 Å². The van der Waals surface area contributed by atoms with Crippen LogP contribution >= 0.6 is 0 Å². The van der Waals surface area contributed by atoms with E-state index in [0.717, 1.165) is 31.2 Å². The monoisotopic (exact) mass is 458 g/mol. The molecule has 9 nitrogen and oxygen atoms in total. The lowest BCUT2D eigenvalue weighted by molar-refractivity contribution is -0.144. The molecule has 2 aliphatic rings. The Hall–Kier alpha value is -2.94. The second-order valence-corrected chi connectivity index (χ2v) is 8.76. The maximum absolute atomic E-state index is 13.4. The van der Waals surface area contributed by atoms with Gasteiger partial charge in [-0.3, -0.25) is 14.4 Å². The largest absolute Gasteiger partial charge is 0.465 e. The van der Waals surface area contributed by atoms with Crippen molar-refractivity contribution in [2.75, 3.05) is 14.2 Å². The highest BCUT2D eigenvalue weighted by Crippen LogP contribution is 2.31. The van der Waals surface area contributed by atoms with Gasteiger partial charge in [-0.25, -0.2) is 4.79 Å². The third-order valence-corrected chi connectivity index (χ3v) is 6.60. The van der Waals surface area contributed by atoms with Crippen LogP contribution in [0.4, 0.5) is 0 Å². The van der Waals surface area contributed by atoms with Crippen LogP contribution in [0.3, 0.4) is 0 Å². The number of esters is 1. The standard InChI is InChI=1S/C24H34N4O5/c1-15(25-2)21(29)27-19-10-5-4-9-18-11-12-20(28(18)23(19)31)22(30)26-14-16-7-6-8-17(13-16)24(32)33-3/h6-8,13,15,18-20,25H,4-5,9-12,14H2,1-3H3,(H,26,30)(H,27,29)/t15-,18-,19-,20-/m0/s1. The predicted octanol–water partition coefficient (Wildman–Crippen LogP) is 1.12. The van der Waals surface area contributed by atoms with Gasteiger partial charge in [-0.15, -0.1) is 0 Å². The van der Waals surface area contributed by atoms with Gasteiger partial charge in [-0.1, -0.05) is 25.0 Å². The number of fused-ring (bicyclic) bond motifs is 1. The van der Waals surface area contributed by atoms with E-state index in [1.165, 1.54) is 7.11 Å². The minimum atomic E-state index is -0.624. The minimum Gasteiger partial charge on any atom is -0.465 e. The number of carbonyl (C=O) groups is 4. The molecular weight excluding hydrogens is 424 g/mol. The van der Waals surface area contributed by atoms with Gasteiger partial charge >= 0.3 is 5.97 Å². The number of nitrogens with one attached hydrogen (secondary N) is 3. The molecule has 0 unspecified atom stereocenters. The third kappa shape index (κ3) is 5.90. The molecule has 3 N–H and O–H groups in total. The van der Waals surface area contributed by atoms with Gasteiger partial charge in [-0.2, -0.15) is 0 Å². The van der Waals surface area contributed by atoms with Gasteiger partial charge in [0.15, 0.2) is 0 Å². The molecule has 0 aromatic heterocycles. The van der Waals surface area contributed by atoms with E-state index in [9.17, 15) is 19.2 Å². The summed E-state index contributed by atoms with van der Waals surface area (Å²) in [5.74, 6) is -1.06. The Morgan fingerprint density at radius 3 is 2.64 bits per heavy atom. The van der Waals surface area contributed by atoms with Gasteiger partial charge in [-0.05, 0) is 57.4 Å². The minimum absolute atomic E-state index is 0.0114. The normalized spacial score (nSPS) is 23.7. The van der Waals surface area contributed by atoms with Crippen LogP contribution in [0.5, 0.6) is 0 Å². The number of rotatable bonds is 7. The average Bonchev–Trinajstić information content (AvgIpc) is 3.25. The van der Waals surface area contributed by atoms with E-state index in [0.29, 0.717) is 18.4 Å². The number of methoxy groups -OCH3 is 1. The molecule has 3 amide bonds. The van der Waals surface area contributed by atoms with Crippen LogP contribution in [-0.2, 0) is 25.7 Å². The fraction of sp³-hybridized carbons (Fsp3) is 0.583. The number of ether oxygens (including phenoxy) is 1. The summed E-state index contributed by atoms with van der Waals surface area (Å²) in [6.45, 7) is 1.99. The summed E-state index contributed by atoms with van der Waals surface area (Å²) in [7, 11) is 3.02. The molecule has 2 heterocycles. The van der Waals surface area contributed by atoms with Crippen molar-refractivity contribution in [3.8, 4) is 0 Å². The van der Waals surface area contributed by atoms with Crippen LogP contribution in [0.1, 0.15) is 61.4 Å². The molecule has 0 aliphatic carbocycles. The highest BCUT2D eigenvalue weighted by Gasteiger charge is 2.43. The van der Waals surface area contributed by atoms with Crippen LogP contribution < -0.4 is 16.0 Å². The van der Waals surface area contributed by atoms with E-state index in [1.807, 2.05) is 6.07 Å². The second kappa shape index (κ2) is 11.3. The fourth-order valence-electron chi connectivity index (χ4n) is 4.58. The maximum atomic E-state index is 13.4. The van der Waals surface area contributed by atoms with E-state index in [4.69, 9.17) is 4.74 Å². The lowest BCUT2D eigenvalue weighted by atomic mass is 9.98. The Bertz CT molecular complexity index is 889. The van der Waals surface area contributed by atoms with E-state index < -0.39 is 24.1 Å². The predicted molar refractivity (Wildman–Crippen MR) is 122 cm³/mol. The van der Waals surface area contributed by atoms with E-state index in [-0.39, 0.29) is 30.3 Å². The number of carbonyl (C=O) groups excluding carboxylic acids is 4. The van der Waals surface area contributed by atoms with Gasteiger partial charge in [0.1, 0.15) is 12.1 Å². The molecule has 0 bridgehead atoms. The Morgan fingerprint density at radius 2 is 1.91 bits per heavy atom. The topological polar surface area (TPSA) is 117 Å². The van der Waals surface area contributed by atoms with Gasteiger partial charge in [0.2, 0.25) is 17.7 Å². The maximum Gasteiger partial charge on any atom is 0.337 e. The van der Waals surface area contributed by atoms with Crippen LogP contribution in [0.25, 0.3) is 0 Å². The summed E-state index contributed by atoms with van der Waals surface area (Å²) < 4.78 is 4.75. The smallest absolute Gasteiger partial charge is 0.337 e. The average molecular weight is 459 g/mol. The van der Waals surface area contributed by atoms with Crippen LogP contribution in [0.2, 0.25) is 0 Å². The summed E-state index contributed by atoms with van der Waals surface area (Å²) in [6.07, 6.45) is 4.62. The fourth-order valence-corrected chi connectivity index (χ4v) is 4.58. The first-order valence-corrected chi connectivity index (χ1v) is 11.6. The number of likely N-dealkylation sites (N-methyl/N-ethyl adjacent to an activating group) is 1. The zero-order valence-corrected chi connectivity index (χ0v) is 19.6. The SMILES string of the molecule is CN[C@@H](C)C(=O)N[C@H]1CCCC[C@H]2CC[C@@H](C(=O)NCc3cccc(C(=O)OC)c3)N2C1=O. The molecule has 2 aliphatic heterocycles. The highest BCUT2D eigenvalue weighted by atomic mass is 16.5.